The monoisotopic (exact) mass is 356 g/mol. The smallest absolute Gasteiger partial charge is 0.183 e. The number of hydrogen-bond acceptors (Lipinski definition) is 7. The first-order chi connectivity index (χ1) is 12.5. The van der Waals surface area contributed by atoms with Gasteiger partial charge in [0, 0.05) is 17.8 Å². The lowest BCUT2D eigenvalue weighted by molar-refractivity contribution is 0.550. The van der Waals surface area contributed by atoms with Gasteiger partial charge in [-0.15, -0.1) is 0 Å². The van der Waals surface area contributed by atoms with Crippen LogP contribution in [0.15, 0.2) is 24.5 Å². The summed E-state index contributed by atoms with van der Waals surface area (Å²) < 4.78 is 26.9. The van der Waals surface area contributed by atoms with Crippen molar-refractivity contribution in [1.29, 1.82) is 5.26 Å². The molecule has 0 saturated heterocycles. The number of hydrogen-bond donors (Lipinski definition) is 3. The van der Waals surface area contributed by atoms with E-state index in [1.165, 1.54) is 6.20 Å². The highest BCUT2D eigenvalue weighted by Crippen LogP contribution is 2.22. The number of nitrogens with one attached hydrogen (secondary N) is 3. The Morgan fingerprint density at radius 2 is 2.00 bits per heavy atom. The van der Waals surface area contributed by atoms with Crippen LogP contribution >= 0.6 is 0 Å². The quantitative estimate of drug-likeness (QED) is 0.643. The Labute approximate surface area is 147 Å². The minimum Gasteiger partial charge on any atom is -0.359 e. The predicted molar refractivity (Wildman–Crippen MR) is 89.5 cm³/mol. The van der Waals surface area contributed by atoms with Crippen molar-refractivity contribution in [2.45, 2.75) is 19.9 Å². The van der Waals surface area contributed by atoms with Gasteiger partial charge in [0.05, 0.1) is 24.1 Å². The summed E-state index contributed by atoms with van der Waals surface area (Å²) in [6, 6.07) is 3.76. The zero-order valence-electron chi connectivity index (χ0n) is 13.9. The zero-order valence-corrected chi connectivity index (χ0v) is 13.9. The number of nitrogens with zero attached hydrogens (tertiary/aromatic N) is 5. The lowest BCUT2D eigenvalue weighted by atomic mass is 10.2. The molecule has 0 fully saturated rings. The summed E-state index contributed by atoms with van der Waals surface area (Å²) in [4.78, 5) is 12.0. The van der Waals surface area contributed by atoms with Crippen LogP contribution in [0.2, 0.25) is 0 Å². The van der Waals surface area contributed by atoms with Crippen molar-refractivity contribution in [3.8, 4) is 6.07 Å². The van der Waals surface area contributed by atoms with Gasteiger partial charge in [-0.1, -0.05) is 0 Å². The molecule has 3 N–H and O–H groups in total. The van der Waals surface area contributed by atoms with Crippen molar-refractivity contribution in [1.82, 2.24) is 25.1 Å². The number of aromatic amines is 1. The molecule has 0 aliphatic heterocycles. The van der Waals surface area contributed by atoms with Crippen molar-refractivity contribution >= 4 is 17.5 Å². The van der Waals surface area contributed by atoms with Crippen LogP contribution in [0, 0.1) is 29.9 Å². The molecule has 0 unspecified atom stereocenters. The summed E-state index contributed by atoms with van der Waals surface area (Å²) >= 11 is 0. The summed E-state index contributed by atoms with van der Waals surface area (Å²) in [5.74, 6) is -0.540. The first-order valence-electron chi connectivity index (χ1n) is 7.60. The third-order valence-corrected chi connectivity index (χ3v) is 3.44. The normalized spacial score (nSPS) is 11.7. The molecule has 0 spiro atoms. The molecule has 3 heterocycles. The Hall–Kier alpha value is -3.61. The maximum absolute atomic E-state index is 13.9. The first-order valence-corrected chi connectivity index (χ1v) is 7.60. The SMILES string of the molecule is Cc1cc(Nc2cnc(C#N)c(N[C@@H](C)c3ncc(F)cc3F)n2)n[nH]1. The van der Waals surface area contributed by atoms with Gasteiger partial charge in [0.25, 0.3) is 0 Å². The van der Waals surface area contributed by atoms with E-state index in [4.69, 9.17) is 0 Å². The van der Waals surface area contributed by atoms with Crippen LogP contribution < -0.4 is 10.6 Å². The second-order valence-electron chi connectivity index (χ2n) is 5.51. The molecule has 8 nitrogen and oxygen atoms in total. The van der Waals surface area contributed by atoms with E-state index in [1.807, 2.05) is 13.0 Å². The number of halogens is 2. The summed E-state index contributed by atoms with van der Waals surface area (Å²) in [6.07, 6.45) is 2.31. The lowest BCUT2D eigenvalue weighted by Crippen LogP contribution is -2.14. The lowest BCUT2D eigenvalue weighted by Gasteiger charge is -2.16. The first kappa shape index (κ1) is 17.2. The number of H-pyrrole nitrogens is 1. The number of nitriles is 1. The summed E-state index contributed by atoms with van der Waals surface area (Å²) in [5.41, 5.74) is 0.889. The average molecular weight is 356 g/mol. The van der Waals surface area contributed by atoms with Crippen LogP contribution in [0.4, 0.5) is 26.2 Å². The van der Waals surface area contributed by atoms with Crippen molar-refractivity contribution in [3.63, 3.8) is 0 Å². The number of aromatic nitrogens is 5. The van der Waals surface area contributed by atoms with Crippen molar-refractivity contribution in [3.05, 3.63) is 53.2 Å². The van der Waals surface area contributed by atoms with Gasteiger partial charge < -0.3 is 10.6 Å². The van der Waals surface area contributed by atoms with Crippen molar-refractivity contribution < 1.29 is 8.78 Å². The second kappa shape index (κ2) is 7.10. The molecule has 3 rings (SSSR count). The van der Waals surface area contributed by atoms with E-state index in [-0.39, 0.29) is 17.2 Å². The van der Waals surface area contributed by atoms with E-state index in [2.05, 4.69) is 35.8 Å². The van der Waals surface area contributed by atoms with E-state index in [9.17, 15) is 14.0 Å². The molecule has 132 valence electrons. The maximum Gasteiger partial charge on any atom is 0.183 e. The molecule has 26 heavy (non-hydrogen) atoms. The van der Waals surface area contributed by atoms with E-state index in [0.717, 1.165) is 18.0 Å². The topological polar surface area (TPSA) is 115 Å². The molecule has 0 radical (unpaired) electrons. The summed E-state index contributed by atoms with van der Waals surface area (Å²) in [5, 5.41) is 21.8. The molecule has 0 bridgehead atoms. The average Bonchev–Trinajstić information content (AvgIpc) is 3.00. The molecule has 0 amide bonds. The molecule has 3 aromatic rings. The fourth-order valence-corrected chi connectivity index (χ4v) is 2.26. The minimum atomic E-state index is -0.794. The van der Waals surface area contributed by atoms with Crippen LogP contribution in [-0.2, 0) is 0 Å². The highest BCUT2D eigenvalue weighted by molar-refractivity contribution is 5.57. The van der Waals surface area contributed by atoms with E-state index < -0.39 is 17.7 Å². The molecule has 3 aromatic heterocycles. The molecule has 0 aliphatic rings. The third-order valence-electron chi connectivity index (χ3n) is 3.44. The third kappa shape index (κ3) is 3.72. The van der Waals surface area contributed by atoms with E-state index >= 15 is 0 Å². The largest absolute Gasteiger partial charge is 0.359 e. The molecule has 0 aromatic carbocycles. The minimum absolute atomic E-state index is 0.00150. The fourth-order valence-electron chi connectivity index (χ4n) is 2.26. The van der Waals surface area contributed by atoms with Gasteiger partial charge >= 0.3 is 0 Å². The predicted octanol–water partition coefficient (Wildman–Crippen LogP) is 2.97. The number of pyridine rings is 1. The Balaban J connectivity index is 1.85. The van der Waals surface area contributed by atoms with E-state index in [1.54, 1.807) is 13.0 Å². The Bertz CT molecular complexity index is 979. The standard InChI is InChI=1S/C16H14F2N8/c1-8-3-13(26-25-8)23-14-7-20-12(5-19)16(24-14)22-9(2)15-11(18)4-10(17)6-21-15/h3-4,6-7,9H,1-2H3,(H3,22,23,24,25,26)/t9-/m0/s1. The highest BCUT2D eigenvalue weighted by atomic mass is 19.1. The molecule has 10 heteroatoms. The van der Waals surface area contributed by atoms with Crippen molar-refractivity contribution in [2.75, 3.05) is 10.6 Å². The number of anilines is 3. The summed E-state index contributed by atoms with van der Waals surface area (Å²) in [6.45, 7) is 3.46. The Morgan fingerprint density at radius 1 is 1.19 bits per heavy atom. The summed E-state index contributed by atoms with van der Waals surface area (Å²) in [7, 11) is 0. The van der Waals surface area contributed by atoms with Gasteiger partial charge in [-0.05, 0) is 13.8 Å². The van der Waals surface area contributed by atoms with Crippen LogP contribution in [0.3, 0.4) is 0 Å². The van der Waals surface area contributed by atoms with Gasteiger partial charge in [0.2, 0.25) is 0 Å². The number of aryl methyl sites for hydroxylation is 1. The number of rotatable bonds is 5. The van der Waals surface area contributed by atoms with Crippen LogP contribution in [-0.4, -0.2) is 25.1 Å². The van der Waals surface area contributed by atoms with Crippen LogP contribution in [0.1, 0.15) is 30.0 Å². The maximum atomic E-state index is 13.9. The molecular weight excluding hydrogens is 342 g/mol. The van der Waals surface area contributed by atoms with Crippen LogP contribution in [0.25, 0.3) is 0 Å². The molecule has 0 saturated carbocycles. The Kier molecular flexibility index (Phi) is 4.70. The highest BCUT2D eigenvalue weighted by Gasteiger charge is 2.17. The molecule has 0 aliphatic carbocycles. The van der Waals surface area contributed by atoms with Crippen molar-refractivity contribution in [2.24, 2.45) is 0 Å². The van der Waals surface area contributed by atoms with Gasteiger partial charge in [0.1, 0.15) is 17.7 Å². The second-order valence-corrected chi connectivity index (χ2v) is 5.51. The zero-order chi connectivity index (χ0) is 18.7. The van der Waals surface area contributed by atoms with Crippen LogP contribution in [0.5, 0.6) is 0 Å². The van der Waals surface area contributed by atoms with Gasteiger partial charge in [-0.25, -0.2) is 18.7 Å². The molecule has 1 atom stereocenters. The Morgan fingerprint density at radius 3 is 2.65 bits per heavy atom. The molecular formula is C16H14F2N8. The fraction of sp³-hybridized carbons (Fsp3) is 0.188. The van der Waals surface area contributed by atoms with Gasteiger partial charge in [-0.2, -0.15) is 10.4 Å². The van der Waals surface area contributed by atoms with Gasteiger partial charge in [0.15, 0.2) is 23.1 Å². The van der Waals surface area contributed by atoms with Gasteiger partial charge in [-0.3, -0.25) is 10.1 Å². The van der Waals surface area contributed by atoms with E-state index in [0.29, 0.717) is 11.6 Å².